The summed E-state index contributed by atoms with van der Waals surface area (Å²) in [7, 11) is -4.90. The molecule has 0 saturated carbocycles. The summed E-state index contributed by atoms with van der Waals surface area (Å²) in [6, 6.07) is 7.22. The summed E-state index contributed by atoms with van der Waals surface area (Å²) in [4.78, 5) is 30.6. The van der Waals surface area contributed by atoms with Crippen LogP contribution in [0.1, 0.15) is 73.4 Å². The number of nitrogens with zero attached hydrogens (tertiary/aromatic N) is 8. The van der Waals surface area contributed by atoms with Gasteiger partial charge in [0.2, 0.25) is 5.82 Å². The van der Waals surface area contributed by atoms with Crippen LogP contribution in [0, 0.1) is 83.1 Å². The van der Waals surface area contributed by atoms with Crippen molar-refractivity contribution in [2.75, 3.05) is 37.4 Å². The molecule has 0 aliphatic rings. The van der Waals surface area contributed by atoms with Crippen LogP contribution in [0.5, 0.6) is 0 Å². The van der Waals surface area contributed by atoms with Gasteiger partial charge in [0.1, 0.15) is 34.4 Å². The summed E-state index contributed by atoms with van der Waals surface area (Å²) in [5.74, 6) is 14.2. The third kappa shape index (κ3) is 17.3. The molecule has 0 aliphatic carbocycles. The Morgan fingerprint density at radius 1 is 0.682 bits per heavy atom. The number of anilines is 2. The highest BCUT2D eigenvalue weighted by atomic mass is 35.5. The maximum Gasteiger partial charge on any atom is 0.320 e. The number of methoxy groups -OCH3 is 1. The number of benzene rings is 2. The highest BCUT2D eigenvalue weighted by molar-refractivity contribution is 7.87. The topological polar surface area (TPSA) is 303 Å². The van der Waals surface area contributed by atoms with Crippen LogP contribution >= 0.6 is 23.2 Å². The Bertz CT molecular complexity index is 2620. The average Bonchev–Trinajstić information content (AvgIpc) is 3.71. The maximum absolute atomic E-state index is 11.5. The Morgan fingerprint density at radius 2 is 1.15 bits per heavy atom. The summed E-state index contributed by atoms with van der Waals surface area (Å²) in [5, 5.41) is 4.20. The van der Waals surface area contributed by atoms with E-state index in [4.69, 9.17) is 46.4 Å². The first-order chi connectivity index (χ1) is 30.6. The molecule has 6 aromatic rings. The average molecular weight is 997 g/mol. The van der Waals surface area contributed by atoms with Crippen LogP contribution in [-0.4, -0.2) is 77.4 Å². The number of carbonyl (C=O) groups excluding carboxylic acids is 1. The zero-order valence-electron chi connectivity index (χ0n) is 39.7. The van der Waals surface area contributed by atoms with Gasteiger partial charge in [-0.25, -0.2) is 19.9 Å². The van der Waals surface area contributed by atoms with E-state index < -0.39 is 26.2 Å². The predicted molar refractivity (Wildman–Crippen MR) is 255 cm³/mol. The molecule has 0 fully saturated rings. The van der Waals surface area contributed by atoms with Gasteiger partial charge in [-0.05, 0) is 98.4 Å². The summed E-state index contributed by atoms with van der Waals surface area (Å²) in [6.45, 7) is 22.0. The number of carbonyl (C=O) groups is 1. The second-order valence-electron chi connectivity index (χ2n) is 14.5. The van der Waals surface area contributed by atoms with Crippen LogP contribution < -0.4 is 27.9 Å². The van der Waals surface area contributed by atoms with E-state index in [1.54, 1.807) is 69.9 Å². The third-order valence-corrected chi connectivity index (χ3v) is 12.3. The van der Waals surface area contributed by atoms with Crippen LogP contribution in [0.4, 0.5) is 11.6 Å². The Morgan fingerprint density at radius 3 is 1.52 bits per heavy atom. The van der Waals surface area contributed by atoms with Crippen LogP contribution in [0.2, 0.25) is 0 Å². The van der Waals surface area contributed by atoms with Gasteiger partial charge in [-0.15, -0.1) is 38.0 Å². The smallest absolute Gasteiger partial charge is 0.320 e. The van der Waals surface area contributed by atoms with Crippen LogP contribution in [0.25, 0.3) is 5.65 Å². The van der Waals surface area contributed by atoms with E-state index in [1.165, 1.54) is 18.9 Å². The Kier molecular flexibility index (Phi) is 23.5. The molecule has 66 heavy (non-hydrogen) atoms. The van der Waals surface area contributed by atoms with Crippen molar-refractivity contribution in [2.24, 2.45) is 5.90 Å². The second-order valence-corrected chi connectivity index (χ2v) is 18.1. The Labute approximate surface area is 397 Å². The number of hydrogen-bond acceptors (Lipinski definition) is 18. The number of rotatable bonds is 6. The van der Waals surface area contributed by atoms with Crippen molar-refractivity contribution < 1.29 is 39.5 Å². The molecule has 8 N–H and O–H groups in total. The standard InChI is InChI=1S/C10H14O3S.C9H13NO3S.C8H9ClN4.C6H10N4.C6H9N3.C3H5ClO2/c1-7-5-8(2)10(9(3)6-7)14(11,12)13-4;1-6-4-7(2)9(8(3)5-6)14(11,12)13-10;1-5-4-10-6(2)13-8(5)11-7(3-9)12-13;1-4-3-9-5(2)10(8)6(4)7;1-4-3-8-5(2)9-6(4)7;1-6-3(5)2-4/h5-6H,1-4H3;4-5H,10H2,1-3H3;4H,3H2,1-2H3;3,7H,8H2,1-2H3;3H,1-2H3,(H2,7,8,9);2H2,1H3/p+1. The van der Waals surface area contributed by atoms with Crippen molar-refractivity contribution in [1.82, 2.24) is 34.5 Å². The molecule has 20 nitrogen and oxygen atoms in total. The van der Waals surface area contributed by atoms with Gasteiger partial charge in [-0.1, -0.05) is 35.4 Å². The molecule has 362 valence electrons. The maximum atomic E-state index is 11.5. The monoisotopic (exact) mass is 995 g/mol. The summed E-state index contributed by atoms with van der Waals surface area (Å²) in [5.41, 5.74) is 19.5. The van der Waals surface area contributed by atoms with Gasteiger partial charge in [0.25, 0.3) is 15.9 Å². The number of aromatic nitrogens is 8. The molecular weight excluding hydrogens is 936 g/mol. The lowest BCUT2D eigenvalue weighted by Gasteiger charge is -2.09. The zero-order valence-corrected chi connectivity index (χ0v) is 42.8. The van der Waals surface area contributed by atoms with E-state index in [2.05, 4.69) is 43.2 Å². The minimum atomic E-state index is -3.80. The fourth-order valence-corrected chi connectivity index (χ4v) is 8.03. The molecule has 0 bridgehead atoms. The van der Waals surface area contributed by atoms with Crippen LogP contribution in [-0.2, 0) is 44.1 Å². The van der Waals surface area contributed by atoms with Crippen molar-refractivity contribution in [2.45, 2.75) is 98.8 Å². The van der Waals surface area contributed by atoms with E-state index >= 15 is 0 Å². The first-order valence-corrected chi connectivity index (χ1v) is 23.4. The Hall–Kier alpha value is -5.62. The lowest BCUT2D eigenvalue weighted by molar-refractivity contribution is -0.634. The van der Waals surface area contributed by atoms with Gasteiger partial charge in [0, 0.05) is 30.4 Å². The third-order valence-electron chi connectivity index (χ3n) is 8.86. The van der Waals surface area contributed by atoms with Gasteiger partial charge in [-0.2, -0.15) is 31.5 Å². The largest absolute Gasteiger partial charge is 0.468 e. The highest BCUT2D eigenvalue weighted by Crippen LogP contribution is 2.24. The molecule has 0 radical (unpaired) electrons. The number of alkyl halides is 2. The van der Waals surface area contributed by atoms with Crippen molar-refractivity contribution in [3.05, 3.63) is 116 Å². The lowest BCUT2D eigenvalue weighted by atomic mass is 10.1. The molecule has 24 heteroatoms. The molecule has 0 atom stereocenters. The molecule has 2 aromatic carbocycles. The molecule has 0 amide bonds. The number of aryl methyl sites for hydroxylation is 12. The SMILES string of the molecule is COC(=O)CCl.COS(=O)(=O)c1c(C)cc(C)cc1C.Cc1cc(C)c(S(=O)(=O)ON)c(C)c1.Cc1cnc(C)[n+](N)c1N.Cc1cnc(C)n2nc(CCl)nc12.Cc1ncc(C)c(N)n1. The van der Waals surface area contributed by atoms with Crippen molar-refractivity contribution >= 4 is 66.7 Å². The molecule has 4 aromatic heterocycles. The highest BCUT2D eigenvalue weighted by Gasteiger charge is 2.20. The minimum absolute atomic E-state index is 0.0590. The van der Waals surface area contributed by atoms with E-state index in [-0.39, 0.29) is 15.7 Å². The number of hydrogen-bond donors (Lipinski definition) is 4. The van der Waals surface area contributed by atoms with Gasteiger partial charge in [0.15, 0.2) is 11.5 Å². The van der Waals surface area contributed by atoms with Crippen molar-refractivity contribution in [3.8, 4) is 0 Å². The Balaban J connectivity index is 0.000000403. The second kappa shape index (κ2) is 26.5. The number of fused-ring (bicyclic) bond motifs is 1. The predicted octanol–water partition coefficient (Wildman–Crippen LogP) is 4.97. The van der Waals surface area contributed by atoms with Gasteiger partial charge >= 0.3 is 16.1 Å². The first kappa shape index (κ1) is 58.4. The number of ether oxygens (including phenoxy) is 1. The number of nitrogen functional groups attached to an aromatic ring is 3. The van der Waals surface area contributed by atoms with Crippen molar-refractivity contribution in [3.63, 3.8) is 0 Å². The molecule has 0 aliphatic heterocycles. The first-order valence-electron chi connectivity index (χ1n) is 19.5. The van der Waals surface area contributed by atoms with E-state index in [0.717, 1.165) is 56.2 Å². The summed E-state index contributed by atoms with van der Waals surface area (Å²) >= 11 is 10.6. The summed E-state index contributed by atoms with van der Waals surface area (Å²) < 4.78 is 61.6. The van der Waals surface area contributed by atoms with E-state index in [0.29, 0.717) is 40.3 Å². The summed E-state index contributed by atoms with van der Waals surface area (Å²) in [6.07, 6.45) is 5.21. The number of halogens is 2. The van der Waals surface area contributed by atoms with Crippen molar-refractivity contribution in [1.29, 1.82) is 0 Å². The fourth-order valence-electron chi connectivity index (χ4n) is 5.73. The van der Waals surface area contributed by atoms with Crippen LogP contribution in [0.15, 0.2) is 52.6 Å². The molecule has 6 rings (SSSR count). The minimum Gasteiger partial charge on any atom is -0.468 e. The lowest BCUT2D eigenvalue weighted by Crippen LogP contribution is -2.50. The number of nitrogens with two attached hydrogens (primary N) is 4. The molecule has 0 unspecified atom stereocenters. The van der Waals surface area contributed by atoms with Gasteiger partial charge < -0.3 is 16.2 Å². The van der Waals surface area contributed by atoms with E-state index in [1.807, 2.05) is 60.6 Å². The molecule has 0 saturated heterocycles. The molecular formula is C42H61Cl2N12O8S2+. The molecule has 4 heterocycles. The van der Waals surface area contributed by atoms with Crippen LogP contribution in [0.3, 0.4) is 0 Å². The van der Waals surface area contributed by atoms with E-state index in [9.17, 15) is 21.6 Å². The molecule has 0 spiro atoms. The quantitative estimate of drug-likeness (QED) is 0.0427. The zero-order chi connectivity index (χ0) is 50.9. The fraction of sp³-hybridized carbons (Fsp3) is 0.381. The number of esters is 1. The van der Waals surface area contributed by atoms with Gasteiger partial charge in [0.05, 0.1) is 30.6 Å². The van der Waals surface area contributed by atoms with Gasteiger partial charge in [-0.3, -0.25) is 14.8 Å². The normalized spacial score (nSPS) is 10.6.